The van der Waals surface area contributed by atoms with Gasteiger partial charge >= 0.3 is 19.1 Å². The van der Waals surface area contributed by atoms with Crippen LogP contribution in [-0.4, -0.2) is 111 Å². The maximum absolute atomic E-state index is 12.6. The maximum atomic E-state index is 12.6. The van der Waals surface area contributed by atoms with Gasteiger partial charge < -0.3 is 60.9 Å². The first kappa shape index (κ1) is 91.4. The van der Waals surface area contributed by atoms with E-state index in [-0.39, 0.29) is 58.1 Å². The number of hydrogen-bond acceptors (Lipinski definition) is 14. The number of carbonyl (C=O) groups is 2. The van der Waals surface area contributed by atoms with E-state index >= 15 is 0 Å². The Morgan fingerprint density at radius 2 is 0.780 bits per heavy atom. The molecule has 7 heterocycles. The Kier molecular flexibility index (Phi) is 38.2. The molecule has 1 aliphatic heterocycles. The molecule has 0 aromatic carbocycles. The largest absolute Gasteiger partial charge is 0.496 e. The third kappa shape index (κ3) is 26.2. The first-order valence-corrected chi connectivity index (χ1v) is 41.8. The van der Waals surface area contributed by atoms with Crippen LogP contribution in [-0.2, 0) is 32.5 Å². The number of rotatable bonds is 22. The minimum absolute atomic E-state index is 0.0187. The van der Waals surface area contributed by atoms with Gasteiger partial charge in [0.15, 0.2) is 16.6 Å². The number of aliphatic carboxylic acids is 1. The van der Waals surface area contributed by atoms with Crippen LogP contribution < -0.4 is 38.8 Å². The van der Waals surface area contributed by atoms with E-state index in [1.54, 1.807) is 91.0 Å². The van der Waals surface area contributed by atoms with E-state index in [1.807, 2.05) is 53.1 Å². The molecule has 0 spiro atoms. The molecule has 5 unspecified atom stereocenters. The summed E-state index contributed by atoms with van der Waals surface area (Å²) in [4.78, 5) is 93.4. The van der Waals surface area contributed by atoms with Crippen LogP contribution in [0.4, 0.5) is 0 Å². The Morgan fingerprint density at radius 3 is 1.09 bits per heavy atom. The van der Waals surface area contributed by atoms with Gasteiger partial charge in [0.05, 0.1) is 55.8 Å². The molecule has 0 radical (unpaired) electrons. The summed E-state index contributed by atoms with van der Waals surface area (Å²) in [6.07, 6.45) is 10.0. The van der Waals surface area contributed by atoms with Crippen molar-refractivity contribution in [2.24, 2.45) is 0 Å². The van der Waals surface area contributed by atoms with Gasteiger partial charge in [0, 0.05) is 95.9 Å². The van der Waals surface area contributed by atoms with E-state index in [2.05, 4.69) is 175 Å². The average Bonchev–Trinajstić information content (AvgIpc) is 1.58. The van der Waals surface area contributed by atoms with E-state index in [0.29, 0.717) is 57.5 Å². The number of H-pyrrole nitrogens is 1. The number of aliphatic hydroxyl groups excluding tert-OH is 1. The van der Waals surface area contributed by atoms with Gasteiger partial charge in [-0.2, -0.15) is 0 Å². The molecule has 1 aliphatic rings. The van der Waals surface area contributed by atoms with Crippen LogP contribution in [0.2, 0.25) is 33.2 Å². The number of carboxylic acids is 1. The third-order valence-corrected chi connectivity index (χ3v) is 32.4. The van der Waals surface area contributed by atoms with Crippen LogP contribution in [0.5, 0.6) is 0 Å². The van der Waals surface area contributed by atoms with Crippen LogP contribution >= 0.6 is 79.6 Å². The van der Waals surface area contributed by atoms with Crippen molar-refractivity contribution in [3.8, 4) is 0 Å². The van der Waals surface area contributed by atoms with Crippen molar-refractivity contribution in [2.45, 2.75) is 227 Å². The molecule has 3 N–H and O–H groups in total. The van der Waals surface area contributed by atoms with Crippen molar-refractivity contribution in [1.82, 2.24) is 27.8 Å². The summed E-state index contributed by atoms with van der Waals surface area (Å²) in [6, 6.07) is 17.4. The summed E-state index contributed by atoms with van der Waals surface area (Å²) in [6.45, 7) is 47.6. The number of halogens is 5. The highest BCUT2D eigenvalue weighted by Crippen LogP contribution is 2.44. The lowest BCUT2D eigenvalue weighted by molar-refractivity contribution is -0.146. The number of esters is 1. The van der Waals surface area contributed by atoms with Crippen LogP contribution in [0.15, 0.2) is 161 Å². The average molecular weight is 1750 g/mol. The zero-order valence-corrected chi connectivity index (χ0v) is 71.9. The number of hydrogen-bond donors (Lipinski definition) is 3. The fraction of sp³-hybridized carbons (Fsp3) is 0.549. The fourth-order valence-electron chi connectivity index (χ4n) is 11.8. The number of carbonyl (C=O) groups excluding carboxylic acids is 1. The quantitative estimate of drug-likeness (QED) is 0.0421. The first-order chi connectivity index (χ1) is 46.3. The monoisotopic (exact) mass is 1740 g/mol. The molecule has 1 saturated heterocycles. The molecule has 100 heavy (non-hydrogen) atoms. The second kappa shape index (κ2) is 41.7. The zero-order valence-electron chi connectivity index (χ0n) is 62.0. The standard InChI is InChI=1S/C23H42BNO4Si.C17H30BrNO2Si.C10H12BrNO3.C8H8BrNO3.C8H10BrNO2.C5H4BrNO/c1-16(2)30(17(3)4,18(5)6)27-15-19(7)25-14-20(12-13-21(25)26)24-28-22(8,9)23(10,11)29-24;1-12(2)22(13(3)4,14(5)6)21-11-15(7)19-10-16(18)8-9-17(19)20;1-3-15-10(14)7(2)12-6-8(11)4-5-9(12)13;1-5(8(12)13)10-4-6(9)2-3-7(10)11;1-6(5-11)10-4-7(9)2-3-8(10)12;6-4-1-2-5(8)7-3-4/h12-14,16-19H,15H2,1-11H3;8-10,12-15H,11H2,1-7H3;4-7H,3H2,1-2H3;2-5H,1H3,(H,12,13);2-4,6,11H,5H2,1H3;1-3H,(H,7,8). The first-order valence-electron chi connectivity index (χ1n) is 33.5. The van der Waals surface area contributed by atoms with Gasteiger partial charge in [-0.25, -0.2) is 9.59 Å². The van der Waals surface area contributed by atoms with Crippen molar-refractivity contribution in [3.05, 3.63) is 194 Å². The van der Waals surface area contributed by atoms with Crippen LogP contribution in [0.25, 0.3) is 0 Å². The summed E-state index contributed by atoms with van der Waals surface area (Å²) in [7, 11) is -4.35. The van der Waals surface area contributed by atoms with Crippen molar-refractivity contribution < 1.29 is 42.7 Å². The van der Waals surface area contributed by atoms with E-state index in [4.69, 9.17) is 33.1 Å². The summed E-state index contributed by atoms with van der Waals surface area (Å²) >= 11 is 16.3. The summed E-state index contributed by atoms with van der Waals surface area (Å²) in [5.41, 5.74) is 2.51. The minimum Gasteiger partial charge on any atom is -0.480 e. The predicted molar refractivity (Wildman–Crippen MR) is 424 cm³/mol. The van der Waals surface area contributed by atoms with Crippen molar-refractivity contribution in [2.75, 3.05) is 26.4 Å². The molecule has 1 fully saturated rings. The molecule has 29 heteroatoms. The van der Waals surface area contributed by atoms with Crippen molar-refractivity contribution in [3.63, 3.8) is 0 Å². The van der Waals surface area contributed by atoms with Crippen LogP contribution in [0.3, 0.4) is 0 Å². The number of nitrogens with zero attached hydrogens (tertiary/aromatic N) is 5. The zero-order chi connectivity index (χ0) is 76.7. The Labute approximate surface area is 634 Å². The number of ether oxygens (including phenoxy) is 1. The number of aromatic amines is 1. The van der Waals surface area contributed by atoms with Crippen LogP contribution in [0.1, 0.15) is 183 Å². The Morgan fingerprint density at radius 1 is 0.470 bits per heavy atom. The Balaban J connectivity index is 0.000000429. The SMILES string of the molecule is CC(C(=O)O)n1cc(Br)ccc1=O.CC(CO)n1cc(Br)ccc1=O.CC(CO[Si](C(C)C)(C(C)C)C(C)C)n1cc(B2OC(C)(C)C(C)(C)O2)ccc1=O.CC(CO[Si](C(C)C)(C(C)C)C(C)C)n1cc(Br)ccc1=O.CCOC(=O)C(C)n1cc(Br)ccc1=O.O=c1ccc(Br)c[nH]1. The van der Waals surface area contributed by atoms with Gasteiger partial charge in [-0.3, -0.25) is 28.8 Å². The molecular weight excluding hydrogens is 1640 g/mol. The molecule has 7 rings (SSSR count). The second-order valence-corrected chi connectivity index (χ2v) is 43.0. The molecule has 0 saturated carbocycles. The highest BCUT2D eigenvalue weighted by atomic mass is 79.9. The lowest BCUT2D eigenvalue weighted by Crippen LogP contribution is -2.49. The Hall–Kier alpha value is -4.66. The van der Waals surface area contributed by atoms with Crippen molar-refractivity contribution >= 4 is 121 Å². The Bertz CT molecular complexity index is 3870. The van der Waals surface area contributed by atoms with Gasteiger partial charge in [-0.15, -0.1) is 0 Å². The fourth-order valence-corrected chi connectivity index (χ4v) is 24.6. The summed E-state index contributed by atoms with van der Waals surface area (Å²) in [5, 5.41) is 17.5. The molecular formula is C71H106BBr5N6O15Si2. The third-order valence-electron chi connectivity index (χ3n) is 17.9. The predicted octanol–water partition coefficient (Wildman–Crippen LogP) is 15.6. The number of nitrogens with one attached hydrogen (secondary N) is 1. The lowest BCUT2D eigenvalue weighted by atomic mass is 9.80. The minimum atomic E-state index is -1.98. The number of aromatic nitrogens is 6. The number of pyridine rings is 6. The molecule has 0 bridgehead atoms. The van der Waals surface area contributed by atoms with E-state index in [0.717, 1.165) is 27.9 Å². The number of aliphatic hydroxyl groups is 1. The maximum Gasteiger partial charge on any atom is 0.496 e. The van der Waals surface area contributed by atoms with Crippen LogP contribution in [0, 0.1) is 0 Å². The summed E-state index contributed by atoms with van der Waals surface area (Å²) < 4.78 is 42.1. The van der Waals surface area contributed by atoms with Gasteiger partial charge in [-0.1, -0.05) is 89.2 Å². The van der Waals surface area contributed by atoms with Gasteiger partial charge in [0.25, 0.3) is 27.8 Å². The van der Waals surface area contributed by atoms with E-state index in [1.165, 1.54) is 46.5 Å². The lowest BCUT2D eigenvalue weighted by Gasteiger charge is -2.42. The molecule has 6 aromatic rings. The molecule has 0 aliphatic carbocycles. The molecule has 21 nitrogen and oxygen atoms in total. The smallest absolute Gasteiger partial charge is 0.480 e. The molecule has 6 aromatic heterocycles. The van der Waals surface area contributed by atoms with E-state index < -0.39 is 59.0 Å². The summed E-state index contributed by atoms with van der Waals surface area (Å²) in [5.74, 6) is -1.43. The van der Waals surface area contributed by atoms with Crippen molar-refractivity contribution in [1.29, 1.82) is 0 Å². The molecule has 556 valence electrons. The molecule has 5 atom stereocenters. The van der Waals surface area contributed by atoms with Gasteiger partial charge in [-0.05, 0) is 218 Å². The molecule has 0 amide bonds. The van der Waals surface area contributed by atoms with E-state index in [9.17, 15) is 38.4 Å². The van der Waals surface area contributed by atoms with Gasteiger partial charge in [0.1, 0.15) is 12.1 Å². The topological polar surface area (TPSA) is 264 Å². The number of carboxylic acid groups (broad SMARTS) is 1. The normalized spacial score (nSPS) is 14.8. The van der Waals surface area contributed by atoms with Gasteiger partial charge in [0.2, 0.25) is 5.56 Å². The highest BCUT2D eigenvalue weighted by molar-refractivity contribution is 9.11. The second-order valence-electron chi connectivity index (χ2n) is 27.5. The highest BCUT2D eigenvalue weighted by Gasteiger charge is 2.52.